The second kappa shape index (κ2) is 73.0. The zero-order chi connectivity index (χ0) is 85.3. The first-order valence-electron chi connectivity index (χ1n) is 44.0. The molecule has 0 aromatic heterocycles. The normalized spacial score (nSPS) is 10.7. The zero-order valence-corrected chi connectivity index (χ0v) is 70.2. The number of rotatable bonds is 70. The van der Waals surface area contributed by atoms with Crippen molar-refractivity contribution in [1.82, 2.24) is 10.6 Å². The molecule has 14 N–H and O–H groups in total. The molecule has 4 rings (SSSR count). The molecule has 0 saturated carbocycles. The van der Waals surface area contributed by atoms with Gasteiger partial charge in [-0.3, -0.25) is 57.5 Å². The lowest BCUT2D eigenvalue weighted by Gasteiger charge is -2.08. The molecule has 2 amide bonds. The van der Waals surface area contributed by atoms with Crippen LogP contribution in [-0.2, 0) is 19.2 Å². The van der Waals surface area contributed by atoms with Crippen LogP contribution in [0.25, 0.3) is 0 Å². The van der Waals surface area contributed by atoms with Gasteiger partial charge in [-0.15, -0.1) is 0 Å². The van der Waals surface area contributed by atoms with E-state index in [1.165, 1.54) is 0 Å². The number of benzene rings is 4. The maximum absolute atomic E-state index is 12.7. The molecule has 0 fully saturated rings. The average Bonchev–Trinajstić information content (AvgIpc) is 0.885. The number of carbonyl (C=O) groups is 12. The number of nitrogens with two attached hydrogens (primary N) is 4. The predicted molar refractivity (Wildman–Crippen MR) is 463 cm³/mol. The number of amides is 2. The van der Waals surface area contributed by atoms with E-state index in [-0.39, 0.29) is 72.2 Å². The summed E-state index contributed by atoms with van der Waals surface area (Å²) in [7, 11) is 0. The minimum absolute atomic E-state index is 0.0760. The van der Waals surface area contributed by atoms with Crippen LogP contribution in [0.15, 0.2) is 97.1 Å². The van der Waals surface area contributed by atoms with Crippen molar-refractivity contribution >= 4 is 70.4 Å². The minimum Gasteiger partial charge on any atom is -0.481 e. The lowest BCUT2D eigenvalue weighted by Crippen LogP contribution is -2.26. The lowest BCUT2D eigenvalue weighted by molar-refractivity contribution is -0.138. The first-order chi connectivity index (χ1) is 56.2. The Kier molecular flexibility index (Phi) is 66.4. The highest BCUT2D eigenvalue weighted by Gasteiger charge is 2.16. The van der Waals surface area contributed by atoms with E-state index in [4.69, 9.17) is 43.4 Å². The molecule has 0 spiro atoms. The molecule has 0 unspecified atom stereocenters. The third-order valence-corrected chi connectivity index (χ3v) is 20.1. The number of ketones is 6. The highest BCUT2D eigenvalue weighted by molar-refractivity contribution is 6.03. The van der Waals surface area contributed by atoms with Crippen LogP contribution in [0.5, 0.6) is 0 Å². The number of Topliss-reactive ketones (excluding diaryl/α,β-unsaturated/α-hetero) is 6. The highest BCUT2D eigenvalue weighted by atomic mass is 16.4. The van der Waals surface area contributed by atoms with Crippen molar-refractivity contribution in [2.24, 2.45) is 22.9 Å². The Bertz CT molecular complexity index is 2950. The number of hydrogen-bond acceptors (Lipinski definition) is 16. The molecular weight excluding hydrogens is 1470 g/mol. The molecule has 22 nitrogen and oxygen atoms in total. The summed E-state index contributed by atoms with van der Waals surface area (Å²) < 4.78 is 0. The van der Waals surface area contributed by atoms with Gasteiger partial charge in [0.15, 0.2) is 34.7 Å². The first-order valence-corrected chi connectivity index (χ1v) is 44.0. The van der Waals surface area contributed by atoms with Crippen LogP contribution in [0.1, 0.15) is 417 Å². The Balaban J connectivity index is 0.000000873. The quantitative estimate of drug-likeness (QED) is 0.0145. The molecular formula is C94H146N6O16. The van der Waals surface area contributed by atoms with Crippen LogP contribution in [0.3, 0.4) is 0 Å². The molecule has 0 radical (unpaired) electrons. The van der Waals surface area contributed by atoms with E-state index in [0.29, 0.717) is 103 Å². The summed E-state index contributed by atoms with van der Waals surface area (Å²) in [6.45, 7) is 4.03. The number of hydrogen-bond donors (Lipinski definition) is 10. The van der Waals surface area contributed by atoms with Gasteiger partial charge in [0.05, 0.1) is 0 Å². The summed E-state index contributed by atoms with van der Waals surface area (Å²) in [4.78, 5) is 141. The molecule has 116 heavy (non-hydrogen) atoms. The molecule has 0 atom stereocenters. The number of carboxylic acid groups (broad SMARTS) is 4. The topological polar surface area (TPSA) is 414 Å². The van der Waals surface area contributed by atoms with Crippen LogP contribution < -0.4 is 33.6 Å². The molecule has 0 heterocycles. The van der Waals surface area contributed by atoms with Gasteiger partial charge >= 0.3 is 23.9 Å². The second-order valence-electron chi connectivity index (χ2n) is 30.5. The van der Waals surface area contributed by atoms with E-state index in [2.05, 4.69) is 10.6 Å². The van der Waals surface area contributed by atoms with E-state index in [1.807, 2.05) is 24.3 Å². The van der Waals surface area contributed by atoms with Crippen molar-refractivity contribution < 1.29 is 78.0 Å². The van der Waals surface area contributed by atoms with Crippen molar-refractivity contribution in [3.63, 3.8) is 0 Å². The van der Waals surface area contributed by atoms with Crippen molar-refractivity contribution in [2.75, 3.05) is 39.3 Å². The SMILES string of the molecule is NCCCCCCCC(=O)c1cccc(C(=O)CCCCCCCCC(=O)c2cccc(C(=O)CCCCCCCN)c2)c1.NCCCCCCCC(=O)c1cccc(C(=O)CCCCCCCNC(=O)c2cccc(C(=O)NCCCCCCN)c2)c1.O=C(O)CCCCCCCCC(=O)O.O=C(O)CCCCCCCCC(=O)O. The van der Waals surface area contributed by atoms with Crippen LogP contribution >= 0.6 is 0 Å². The van der Waals surface area contributed by atoms with E-state index in [9.17, 15) is 57.5 Å². The Morgan fingerprint density at radius 2 is 0.345 bits per heavy atom. The summed E-state index contributed by atoms with van der Waals surface area (Å²) in [5, 5.41) is 39.3. The predicted octanol–water partition coefficient (Wildman–Crippen LogP) is 19.8. The Labute approximate surface area is 693 Å². The van der Waals surface area contributed by atoms with Gasteiger partial charge in [0.25, 0.3) is 11.8 Å². The van der Waals surface area contributed by atoms with Gasteiger partial charge in [-0.05, 0) is 165 Å². The maximum Gasteiger partial charge on any atom is 0.303 e. The number of nitrogens with one attached hydrogen (secondary N) is 2. The molecule has 4 aromatic carbocycles. The standard InChI is InChI=1S/C38H56N2O4.C36H54N4O4.2C10H18O4/c39-27-15-9-3-7-13-25-37(43)33-21-17-19-31(29-33)35(41)23-11-5-1-2-6-12-24-36(42)32-20-18-22-34(30-32)38(44)26-14-8-4-10-16-28-40;37-23-11-5-1-3-9-21-33(41)29-17-15-18-30(27-29)34(42)22-10-4-2-7-13-25-39-35(43)31-19-16-20-32(28-31)36(44)40-26-14-8-6-12-24-38;2*11-9(12)7-5-3-1-2-4-6-8-10(13)14/h17-22,29-30H,1-16,23-28,39-40H2;15-20,27-28H,1-14,21-26,37-38H2,(H,39,43)(H,40,44);2*1-8H2,(H,11,12)(H,13,14). The van der Waals surface area contributed by atoms with Crippen molar-refractivity contribution in [3.8, 4) is 0 Å². The molecule has 0 aliphatic heterocycles. The van der Waals surface area contributed by atoms with Gasteiger partial charge in [0.2, 0.25) is 0 Å². The monoisotopic (exact) mass is 1620 g/mol. The third-order valence-electron chi connectivity index (χ3n) is 20.1. The number of carbonyl (C=O) groups excluding carboxylic acids is 8. The first kappa shape index (κ1) is 106. The van der Waals surface area contributed by atoms with Crippen LogP contribution in [0.4, 0.5) is 0 Å². The van der Waals surface area contributed by atoms with Gasteiger partial charge in [-0.25, -0.2) is 0 Å². The van der Waals surface area contributed by atoms with Crippen molar-refractivity contribution in [3.05, 3.63) is 142 Å². The fourth-order valence-corrected chi connectivity index (χ4v) is 13.1. The smallest absolute Gasteiger partial charge is 0.303 e. The summed E-state index contributed by atoms with van der Waals surface area (Å²) in [6, 6.07) is 28.3. The molecule has 0 aliphatic rings. The molecule has 648 valence electrons. The third kappa shape index (κ3) is 59.3. The minimum atomic E-state index is -0.740. The van der Waals surface area contributed by atoms with E-state index >= 15 is 0 Å². The largest absolute Gasteiger partial charge is 0.481 e. The fourth-order valence-electron chi connectivity index (χ4n) is 13.1. The Hall–Kier alpha value is -8.44. The van der Waals surface area contributed by atoms with Gasteiger partial charge in [0, 0.05) is 122 Å². The van der Waals surface area contributed by atoms with Gasteiger partial charge in [-0.1, -0.05) is 228 Å². The Morgan fingerprint density at radius 3 is 0.526 bits per heavy atom. The fraction of sp³-hybridized carbons (Fsp3) is 0.617. The van der Waals surface area contributed by atoms with E-state index in [1.54, 1.807) is 72.8 Å². The zero-order valence-electron chi connectivity index (χ0n) is 70.2. The van der Waals surface area contributed by atoms with E-state index in [0.717, 1.165) is 289 Å². The van der Waals surface area contributed by atoms with Crippen LogP contribution in [0.2, 0.25) is 0 Å². The summed E-state index contributed by atoms with van der Waals surface area (Å²) in [5.41, 5.74) is 26.8. The Morgan fingerprint density at radius 1 is 0.198 bits per heavy atom. The highest BCUT2D eigenvalue weighted by Crippen LogP contribution is 2.21. The summed E-state index contributed by atoms with van der Waals surface area (Å²) >= 11 is 0. The summed E-state index contributed by atoms with van der Waals surface area (Å²) in [5.74, 6) is -2.73. The van der Waals surface area contributed by atoms with Gasteiger partial charge in [0.1, 0.15) is 0 Å². The van der Waals surface area contributed by atoms with Crippen molar-refractivity contribution in [2.45, 2.75) is 334 Å². The molecule has 0 saturated heterocycles. The van der Waals surface area contributed by atoms with Gasteiger partial charge in [-0.2, -0.15) is 0 Å². The maximum atomic E-state index is 12.7. The van der Waals surface area contributed by atoms with Gasteiger partial charge < -0.3 is 54.0 Å². The van der Waals surface area contributed by atoms with E-state index < -0.39 is 23.9 Å². The molecule has 0 aliphatic carbocycles. The molecule has 22 heteroatoms. The van der Waals surface area contributed by atoms with Crippen LogP contribution in [0, 0.1) is 0 Å². The second-order valence-corrected chi connectivity index (χ2v) is 30.5. The van der Waals surface area contributed by atoms with Crippen molar-refractivity contribution in [1.29, 1.82) is 0 Å². The lowest BCUT2D eigenvalue weighted by atomic mass is 9.97. The molecule has 0 bridgehead atoms. The molecule has 4 aromatic rings. The summed E-state index contributed by atoms with van der Waals surface area (Å²) in [6.07, 6.45) is 44.3. The number of unbranched alkanes of at least 4 members (excludes halogenated alkanes) is 34. The average molecular weight is 1620 g/mol. The van der Waals surface area contributed by atoms with Crippen LogP contribution in [-0.4, -0.2) is 130 Å². The number of aliphatic carboxylic acids is 4. The number of carboxylic acids is 4.